The van der Waals surface area contributed by atoms with Crippen LogP contribution in [0.15, 0.2) is 49.1 Å². The number of rotatable bonds is 9. The van der Waals surface area contributed by atoms with Crippen molar-refractivity contribution < 1.29 is 26.6 Å². The van der Waals surface area contributed by atoms with E-state index in [1.54, 1.807) is 20.3 Å². The molecular weight excluding hydrogens is 361 g/mol. The van der Waals surface area contributed by atoms with Crippen molar-refractivity contribution in [3.63, 3.8) is 0 Å². The van der Waals surface area contributed by atoms with Gasteiger partial charge >= 0.3 is 0 Å². The smallest absolute Gasteiger partial charge is 0.180 e. The Morgan fingerprint density at radius 2 is 1.72 bits per heavy atom. The third kappa shape index (κ3) is 6.16. The van der Waals surface area contributed by atoms with E-state index in [4.69, 9.17) is 25.8 Å². The molecule has 6 heteroatoms. The SMILES string of the molecule is C=CCOc1c(Cl)cc(CNCc2ccc(OC)cc2)cc1OC.[Cl-]. The van der Waals surface area contributed by atoms with Crippen LogP contribution in [0.25, 0.3) is 0 Å². The molecule has 25 heavy (non-hydrogen) atoms. The van der Waals surface area contributed by atoms with Gasteiger partial charge < -0.3 is 31.9 Å². The second-order valence-corrected chi connectivity index (χ2v) is 5.57. The average Bonchev–Trinajstić information content (AvgIpc) is 2.61. The van der Waals surface area contributed by atoms with Gasteiger partial charge in [0.2, 0.25) is 0 Å². The molecule has 0 aromatic heterocycles. The molecule has 2 aromatic carbocycles. The van der Waals surface area contributed by atoms with Gasteiger partial charge in [-0.2, -0.15) is 0 Å². The Balaban J connectivity index is 0.00000312. The lowest BCUT2D eigenvalue weighted by molar-refractivity contribution is -0.00000574. The largest absolute Gasteiger partial charge is 1.00 e. The number of methoxy groups -OCH3 is 2. The minimum atomic E-state index is 0. The zero-order valence-electron chi connectivity index (χ0n) is 14.4. The van der Waals surface area contributed by atoms with E-state index in [9.17, 15) is 0 Å². The van der Waals surface area contributed by atoms with Crippen LogP contribution in [-0.4, -0.2) is 20.8 Å². The lowest BCUT2D eigenvalue weighted by Crippen LogP contribution is -3.00. The fourth-order valence-corrected chi connectivity index (χ4v) is 2.54. The Morgan fingerprint density at radius 1 is 1.04 bits per heavy atom. The van der Waals surface area contributed by atoms with Gasteiger partial charge in [0.25, 0.3) is 0 Å². The number of halogens is 2. The van der Waals surface area contributed by atoms with Crippen LogP contribution in [0.5, 0.6) is 17.2 Å². The van der Waals surface area contributed by atoms with Crippen LogP contribution in [0.4, 0.5) is 0 Å². The zero-order valence-corrected chi connectivity index (χ0v) is 15.9. The molecule has 2 rings (SSSR count). The number of nitrogens with one attached hydrogen (secondary N) is 1. The minimum absolute atomic E-state index is 0. The highest BCUT2D eigenvalue weighted by atomic mass is 35.5. The van der Waals surface area contributed by atoms with Crippen molar-refractivity contribution >= 4 is 11.6 Å². The Hall–Kier alpha value is -1.88. The van der Waals surface area contributed by atoms with E-state index in [-0.39, 0.29) is 12.4 Å². The maximum atomic E-state index is 6.30. The lowest BCUT2D eigenvalue weighted by Gasteiger charge is -2.14. The number of hydrogen-bond acceptors (Lipinski definition) is 4. The summed E-state index contributed by atoms with van der Waals surface area (Å²) in [5, 5.41) is 3.91. The van der Waals surface area contributed by atoms with Crippen molar-refractivity contribution in [3.8, 4) is 17.2 Å². The van der Waals surface area contributed by atoms with Gasteiger partial charge in [0.05, 0.1) is 19.2 Å². The zero-order chi connectivity index (χ0) is 17.4. The molecule has 136 valence electrons. The van der Waals surface area contributed by atoms with Gasteiger partial charge in [-0.05, 0) is 35.4 Å². The fourth-order valence-electron chi connectivity index (χ4n) is 2.25. The summed E-state index contributed by atoms with van der Waals surface area (Å²) in [5.41, 5.74) is 2.20. The van der Waals surface area contributed by atoms with Crippen molar-refractivity contribution in [2.75, 3.05) is 20.8 Å². The average molecular weight is 383 g/mol. The second kappa shape index (κ2) is 10.9. The maximum absolute atomic E-state index is 6.30. The highest BCUT2D eigenvalue weighted by molar-refractivity contribution is 6.32. The van der Waals surface area contributed by atoms with Gasteiger partial charge in [-0.1, -0.05) is 36.4 Å². The number of hydrogen-bond donors (Lipinski definition) is 1. The third-order valence-electron chi connectivity index (χ3n) is 3.45. The lowest BCUT2D eigenvalue weighted by atomic mass is 10.1. The quantitative estimate of drug-likeness (QED) is 0.661. The summed E-state index contributed by atoms with van der Waals surface area (Å²) in [6.45, 7) is 5.43. The minimum Gasteiger partial charge on any atom is -1.00 e. The van der Waals surface area contributed by atoms with Crippen LogP contribution in [0.3, 0.4) is 0 Å². The van der Waals surface area contributed by atoms with Gasteiger partial charge in [-0.3, -0.25) is 0 Å². The van der Waals surface area contributed by atoms with E-state index >= 15 is 0 Å². The number of benzene rings is 2. The van der Waals surface area contributed by atoms with E-state index in [0.717, 1.165) is 17.9 Å². The molecule has 0 heterocycles. The highest BCUT2D eigenvalue weighted by Gasteiger charge is 2.11. The predicted octanol–water partition coefficient (Wildman–Crippen LogP) is 1.22. The molecule has 0 bridgehead atoms. The van der Waals surface area contributed by atoms with Crippen LogP contribution >= 0.6 is 11.6 Å². The Morgan fingerprint density at radius 3 is 2.32 bits per heavy atom. The van der Waals surface area contributed by atoms with E-state index in [1.807, 2.05) is 36.4 Å². The molecule has 0 radical (unpaired) electrons. The van der Waals surface area contributed by atoms with E-state index < -0.39 is 0 Å². The van der Waals surface area contributed by atoms with Gasteiger partial charge in [-0.15, -0.1) is 0 Å². The van der Waals surface area contributed by atoms with E-state index in [1.165, 1.54) is 5.56 Å². The van der Waals surface area contributed by atoms with Gasteiger partial charge in [0, 0.05) is 13.1 Å². The first-order valence-corrected chi connectivity index (χ1v) is 7.99. The monoisotopic (exact) mass is 382 g/mol. The van der Waals surface area contributed by atoms with Crippen LogP contribution in [0, 0.1) is 0 Å². The summed E-state index contributed by atoms with van der Waals surface area (Å²) in [4.78, 5) is 0. The van der Waals surface area contributed by atoms with Crippen molar-refractivity contribution in [2.45, 2.75) is 13.1 Å². The molecule has 0 aliphatic heterocycles. The molecule has 0 fully saturated rings. The summed E-state index contributed by atoms with van der Waals surface area (Å²) in [6, 6.07) is 11.8. The number of ether oxygens (including phenoxy) is 3. The molecule has 0 amide bonds. The Bertz CT molecular complexity index is 675. The second-order valence-electron chi connectivity index (χ2n) is 5.16. The predicted molar refractivity (Wildman–Crippen MR) is 97.2 cm³/mol. The molecule has 0 spiro atoms. The summed E-state index contributed by atoms with van der Waals surface area (Å²) in [6.07, 6.45) is 1.67. The Labute approximate surface area is 160 Å². The van der Waals surface area contributed by atoms with E-state index in [0.29, 0.717) is 29.7 Å². The molecule has 0 saturated carbocycles. The van der Waals surface area contributed by atoms with Crippen LogP contribution in [-0.2, 0) is 13.1 Å². The van der Waals surface area contributed by atoms with Crippen LogP contribution in [0.1, 0.15) is 11.1 Å². The van der Waals surface area contributed by atoms with Crippen molar-refractivity contribution in [1.82, 2.24) is 5.32 Å². The first-order valence-electron chi connectivity index (χ1n) is 7.61. The molecule has 0 saturated heterocycles. The molecule has 0 aliphatic rings. The van der Waals surface area contributed by atoms with Crippen molar-refractivity contribution in [1.29, 1.82) is 0 Å². The first kappa shape index (κ1) is 21.2. The van der Waals surface area contributed by atoms with Crippen molar-refractivity contribution in [2.24, 2.45) is 0 Å². The maximum Gasteiger partial charge on any atom is 0.180 e. The summed E-state index contributed by atoms with van der Waals surface area (Å²) in [5.74, 6) is 2.01. The summed E-state index contributed by atoms with van der Waals surface area (Å²) < 4.78 is 16.1. The van der Waals surface area contributed by atoms with Crippen LogP contribution in [0.2, 0.25) is 5.02 Å². The molecule has 0 atom stereocenters. The van der Waals surface area contributed by atoms with Crippen LogP contribution < -0.4 is 31.9 Å². The molecule has 2 aromatic rings. The topological polar surface area (TPSA) is 39.7 Å². The Kier molecular flexibility index (Phi) is 9.21. The fraction of sp³-hybridized carbons (Fsp3) is 0.263. The molecule has 0 unspecified atom stereocenters. The summed E-state index contributed by atoms with van der Waals surface area (Å²) >= 11 is 6.30. The molecule has 1 N–H and O–H groups in total. The van der Waals surface area contributed by atoms with E-state index in [2.05, 4.69) is 11.9 Å². The summed E-state index contributed by atoms with van der Waals surface area (Å²) in [7, 11) is 3.26. The van der Waals surface area contributed by atoms with Gasteiger partial charge in [0.1, 0.15) is 12.4 Å². The normalized spacial score (nSPS) is 9.88. The van der Waals surface area contributed by atoms with Gasteiger partial charge in [-0.25, -0.2) is 0 Å². The molecular formula is C19H22Cl2NO3-. The molecule has 0 aliphatic carbocycles. The van der Waals surface area contributed by atoms with Gasteiger partial charge in [0.15, 0.2) is 11.5 Å². The molecule has 4 nitrogen and oxygen atoms in total. The third-order valence-corrected chi connectivity index (χ3v) is 3.73. The highest BCUT2D eigenvalue weighted by Crippen LogP contribution is 2.36. The standard InChI is InChI=1S/C19H22ClNO3.ClH/c1-4-9-24-19-17(20)10-15(11-18(19)23-3)13-21-12-14-5-7-16(22-2)8-6-14;/h4-8,10-11,21H,1,9,12-13H2,2-3H3;1H/p-1. The first-order chi connectivity index (χ1) is 11.7. The van der Waals surface area contributed by atoms with Crippen molar-refractivity contribution in [3.05, 3.63) is 65.2 Å².